The van der Waals surface area contributed by atoms with Gasteiger partial charge in [-0.2, -0.15) is 0 Å². The van der Waals surface area contributed by atoms with Crippen molar-refractivity contribution >= 4 is 27.5 Å². The number of carbonyl (C=O) groups is 1. The lowest BCUT2D eigenvalue weighted by atomic mass is 10.2. The normalized spacial score (nSPS) is 15.3. The summed E-state index contributed by atoms with van der Waals surface area (Å²) in [5.74, 6) is 0.953. The zero-order valence-corrected chi connectivity index (χ0v) is 10.6. The van der Waals surface area contributed by atoms with E-state index in [0.29, 0.717) is 13.0 Å². The zero-order chi connectivity index (χ0) is 11.4. The average molecular weight is 284 g/mol. The number of amides is 1. The van der Waals surface area contributed by atoms with Gasteiger partial charge in [0.1, 0.15) is 5.75 Å². The minimum Gasteiger partial charge on any atom is -0.491 e. The Kier molecular flexibility index (Phi) is 3.83. The largest absolute Gasteiger partial charge is 0.491 e. The van der Waals surface area contributed by atoms with E-state index >= 15 is 0 Å². The van der Waals surface area contributed by atoms with Gasteiger partial charge in [-0.15, -0.1) is 0 Å². The van der Waals surface area contributed by atoms with E-state index in [9.17, 15) is 4.79 Å². The number of para-hydroxylation sites is 2. The highest BCUT2D eigenvalue weighted by Crippen LogP contribution is 2.30. The monoisotopic (exact) mass is 283 g/mol. The van der Waals surface area contributed by atoms with E-state index in [1.54, 1.807) is 0 Å². The molecule has 1 aromatic carbocycles. The SMILES string of the molecule is O=C1CCOc2ccccc2N1CCCBr. The van der Waals surface area contributed by atoms with Gasteiger partial charge >= 0.3 is 0 Å². The molecular weight excluding hydrogens is 270 g/mol. The average Bonchev–Trinajstić information content (AvgIpc) is 2.46. The van der Waals surface area contributed by atoms with Gasteiger partial charge in [-0.3, -0.25) is 4.79 Å². The first-order valence-corrected chi connectivity index (χ1v) is 6.53. The van der Waals surface area contributed by atoms with Crippen LogP contribution >= 0.6 is 15.9 Å². The fourth-order valence-corrected chi connectivity index (χ4v) is 2.03. The van der Waals surface area contributed by atoms with Gasteiger partial charge in [0.2, 0.25) is 5.91 Å². The molecule has 3 nitrogen and oxygen atoms in total. The molecule has 86 valence electrons. The van der Waals surface area contributed by atoms with Gasteiger partial charge in [-0.05, 0) is 18.6 Å². The zero-order valence-electron chi connectivity index (χ0n) is 8.99. The number of alkyl halides is 1. The van der Waals surface area contributed by atoms with Crippen molar-refractivity contribution in [2.75, 3.05) is 23.4 Å². The Balaban J connectivity index is 2.28. The molecule has 1 heterocycles. The molecule has 1 amide bonds. The maximum Gasteiger partial charge on any atom is 0.230 e. The van der Waals surface area contributed by atoms with Crippen LogP contribution in [0.4, 0.5) is 5.69 Å². The van der Waals surface area contributed by atoms with Crippen LogP contribution in [-0.4, -0.2) is 24.4 Å². The summed E-state index contributed by atoms with van der Waals surface area (Å²) in [4.78, 5) is 13.7. The molecule has 2 rings (SSSR count). The van der Waals surface area contributed by atoms with E-state index in [1.165, 1.54) is 0 Å². The van der Waals surface area contributed by atoms with Gasteiger partial charge in [0.05, 0.1) is 18.7 Å². The highest BCUT2D eigenvalue weighted by atomic mass is 79.9. The molecule has 0 N–H and O–H groups in total. The van der Waals surface area contributed by atoms with Crippen LogP contribution in [0.25, 0.3) is 0 Å². The Morgan fingerprint density at radius 3 is 3.00 bits per heavy atom. The predicted octanol–water partition coefficient (Wildman–Crippen LogP) is 2.59. The first-order valence-electron chi connectivity index (χ1n) is 5.41. The van der Waals surface area contributed by atoms with Gasteiger partial charge in [0.25, 0.3) is 0 Å². The molecule has 1 aliphatic heterocycles. The summed E-state index contributed by atoms with van der Waals surface area (Å²) in [6.45, 7) is 1.21. The molecule has 0 saturated heterocycles. The number of benzene rings is 1. The Bertz CT molecular complexity index is 381. The Labute approximate surface area is 104 Å². The second-order valence-corrected chi connectivity index (χ2v) is 4.45. The molecule has 4 heteroatoms. The molecule has 16 heavy (non-hydrogen) atoms. The number of hydrogen-bond donors (Lipinski definition) is 0. The molecule has 0 saturated carbocycles. The van der Waals surface area contributed by atoms with E-state index in [0.717, 1.165) is 29.7 Å². The van der Waals surface area contributed by atoms with E-state index < -0.39 is 0 Å². The lowest BCUT2D eigenvalue weighted by Crippen LogP contribution is -2.31. The Hall–Kier alpha value is -1.03. The molecule has 0 unspecified atom stereocenters. The number of hydrogen-bond acceptors (Lipinski definition) is 2. The first kappa shape index (κ1) is 11.5. The van der Waals surface area contributed by atoms with Crippen LogP contribution in [0.5, 0.6) is 5.75 Å². The molecule has 0 aliphatic carbocycles. The second-order valence-electron chi connectivity index (χ2n) is 3.65. The number of rotatable bonds is 3. The van der Waals surface area contributed by atoms with Crippen molar-refractivity contribution in [1.82, 2.24) is 0 Å². The number of nitrogens with zero attached hydrogens (tertiary/aromatic N) is 1. The molecule has 0 atom stereocenters. The van der Waals surface area contributed by atoms with Crippen LogP contribution in [0.15, 0.2) is 24.3 Å². The fourth-order valence-electron chi connectivity index (χ4n) is 1.78. The summed E-state index contributed by atoms with van der Waals surface area (Å²) in [5.41, 5.74) is 0.894. The van der Waals surface area contributed by atoms with Crippen molar-refractivity contribution in [3.05, 3.63) is 24.3 Å². The maximum atomic E-state index is 11.9. The smallest absolute Gasteiger partial charge is 0.230 e. The molecule has 1 aromatic rings. The van der Waals surface area contributed by atoms with Crippen molar-refractivity contribution in [2.45, 2.75) is 12.8 Å². The summed E-state index contributed by atoms with van der Waals surface area (Å²) in [5, 5.41) is 0.903. The third kappa shape index (κ3) is 2.38. The maximum absolute atomic E-state index is 11.9. The van der Waals surface area contributed by atoms with Crippen LogP contribution in [-0.2, 0) is 4.79 Å². The van der Waals surface area contributed by atoms with Gasteiger partial charge in [0, 0.05) is 11.9 Å². The van der Waals surface area contributed by atoms with E-state index in [1.807, 2.05) is 29.2 Å². The van der Waals surface area contributed by atoms with Gasteiger partial charge < -0.3 is 9.64 Å². The second kappa shape index (κ2) is 5.34. The third-order valence-electron chi connectivity index (χ3n) is 2.55. The van der Waals surface area contributed by atoms with Gasteiger partial charge in [-0.25, -0.2) is 0 Å². The highest BCUT2D eigenvalue weighted by Gasteiger charge is 2.21. The number of anilines is 1. The molecule has 1 aliphatic rings. The van der Waals surface area contributed by atoms with E-state index in [4.69, 9.17) is 4.74 Å². The van der Waals surface area contributed by atoms with Crippen molar-refractivity contribution in [3.8, 4) is 5.75 Å². The summed E-state index contributed by atoms with van der Waals surface area (Å²) in [6, 6.07) is 7.71. The van der Waals surface area contributed by atoms with Gasteiger partial charge in [0.15, 0.2) is 0 Å². The number of halogens is 1. The topological polar surface area (TPSA) is 29.5 Å². The number of ether oxygens (including phenoxy) is 1. The minimum atomic E-state index is 0.144. The summed E-state index contributed by atoms with van der Waals surface area (Å²) >= 11 is 3.39. The minimum absolute atomic E-state index is 0.144. The van der Waals surface area contributed by atoms with Crippen LogP contribution < -0.4 is 9.64 Å². The first-order chi connectivity index (χ1) is 7.83. The molecule has 0 spiro atoms. The third-order valence-corrected chi connectivity index (χ3v) is 3.11. The van der Waals surface area contributed by atoms with Crippen LogP contribution in [0.3, 0.4) is 0 Å². The summed E-state index contributed by atoms with van der Waals surface area (Å²) in [7, 11) is 0. The van der Waals surface area contributed by atoms with Crippen LogP contribution in [0.2, 0.25) is 0 Å². The van der Waals surface area contributed by atoms with E-state index in [-0.39, 0.29) is 5.91 Å². The standard InChI is InChI=1S/C12H14BrNO2/c13-7-3-8-14-10-4-1-2-5-11(10)16-9-6-12(14)15/h1-2,4-5H,3,6-9H2. The lowest BCUT2D eigenvalue weighted by Gasteiger charge is -2.21. The number of carbonyl (C=O) groups excluding carboxylic acids is 1. The molecule has 0 bridgehead atoms. The lowest BCUT2D eigenvalue weighted by molar-refractivity contribution is -0.118. The fraction of sp³-hybridized carbons (Fsp3) is 0.417. The quantitative estimate of drug-likeness (QED) is 0.798. The Morgan fingerprint density at radius 1 is 1.38 bits per heavy atom. The number of fused-ring (bicyclic) bond motifs is 1. The molecule has 0 fully saturated rings. The van der Waals surface area contributed by atoms with Crippen molar-refractivity contribution in [1.29, 1.82) is 0 Å². The predicted molar refractivity (Wildman–Crippen MR) is 67.3 cm³/mol. The molecule has 0 radical (unpaired) electrons. The summed E-state index contributed by atoms with van der Waals surface area (Å²) in [6.07, 6.45) is 1.40. The van der Waals surface area contributed by atoms with Gasteiger partial charge in [-0.1, -0.05) is 28.1 Å². The van der Waals surface area contributed by atoms with Crippen molar-refractivity contribution < 1.29 is 9.53 Å². The van der Waals surface area contributed by atoms with Crippen LogP contribution in [0, 0.1) is 0 Å². The molecular formula is C12H14BrNO2. The van der Waals surface area contributed by atoms with Crippen molar-refractivity contribution in [3.63, 3.8) is 0 Å². The van der Waals surface area contributed by atoms with Crippen molar-refractivity contribution in [2.24, 2.45) is 0 Å². The molecule has 0 aromatic heterocycles. The Morgan fingerprint density at radius 2 is 2.19 bits per heavy atom. The highest BCUT2D eigenvalue weighted by molar-refractivity contribution is 9.09. The van der Waals surface area contributed by atoms with Crippen LogP contribution in [0.1, 0.15) is 12.8 Å². The summed E-state index contributed by atoms with van der Waals surface area (Å²) < 4.78 is 5.55. The van der Waals surface area contributed by atoms with E-state index in [2.05, 4.69) is 15.9 Å².